The van der Waals surface area contributed by atoms with Gasteiger partial charge in [0.1, 0.15) is 0 Å². The molecule has 14 heavy (non-hydrogen) atoms. The van der Waals surface area contributed by atoms with Gasteiger partial charge in [-0.05, 0) is 6.92 Å². The largest absolute Gasteiger partial charge is 0.192 e. The SMILES string of the molecule is C=C/C=C(Bc1ccccc1)\C=C/C. The zero-order valence-electron chi connectivity index (χ0n) is 8.61. The third kappa shape index (κ3) is 3.48. The summed E-state index contributed by atoms with van der Waals surface area (Å²) in [5.74, 6) is 0. The van der Waals surface area contributed by atoms with Gasteiger partial charge in [-0.25, -0.2) is 0 Å². The van der Waals surface area contributed by atoms with E-state index in [2.05, 4.69) is 43.0 Å². The van der Waals surface area contributed by atoms with Crippen LogP contribution in [0.15, 0.2) is 66.7 Å². The lowest BCUT2D eigenvalue weighted by Crippen LogP contribution is -2.14. The van der Waals surface area contributed by atoms with Crippen molar-refractivity contribution in [1.82, 2.24) is 0 Å². The Hall–Kier alpha value is -1.50. The molecule has 0 fully saturated rings. The standard InChI is InChI=1S/C13H15B/c1-3-8-12(9-4-2)14-13-10-6-5-7-11-13/h3-11,14H,1H2,2H3/b9-4-,12-8+. The number of rotatable bonds is 4. The molecule has 0 nitrogen and oxygen atoms in total. The monoisotopic (exact) mass is 182 g/mol. The molecule has 0 aliphatic heterocycles. The van der Waals surface area contributed by atoms with E-state index >= 15 is 0 Å². The van der Waals surface area contributed by atoms with E-state index in [1.807, 2.05) is 25.1 Å². The molecule has 0 heterocycles. The molecule has 0 N–H and O–H groups in total. The summed E-state index contributed by atoms with van der Waals surface area (Å²) < 4.78 is 0. The molecule has 1 rings (SSSR count). The van der Waals surface area contributed by atoms with Crippen LogP contribution in [-0.2, 0) is 0 Å². The van der Waals surface area contributed by atoms with Gasteiger partial charge in [0.15, 0.2) is 7.28 Å². The second-order valence-electron chi connectivity index (χ2n) is 3.14. The first-order valence-corrected chi connectivity index (χ1v) is 4.85. The molecule has 0 spiro atoms. The molecule has 0 radical (unpaired) electrons. The molecular weight excluding hydrogens is 167 g/mol. The number of benzene rings is 1. The van der Waals surface area contributed by atoms with Crippen molar-refractivity contribution < 1.29 is 0 Å². The van der Waals surface area contributed by atoms with Crippen LogP contribution in [0.4, 0.5) is 0 Å². The van der Waals surface area contributed by atoms with E-state index < -0.39 is 0 Å². The Kier molecular flexibility index (Phi) is 4.56. The van der Waals surface area contributed by atoms with Crippen molar-refractivity contribution in [2.24, 2.45) is 0 Å². The number of allylic oxidation sites excluding steroid dienone is 5. The molecule has 0 atom stereocenters. The lowest BCUT2D eigenvalue weighted by molar-refractivity contribution is 1.69. The van der Waals surface area contributed by atoms with Gasteiger partial charge in [-0.1, -0.05) is 72.2 Å². The molecule has 0 amide bonds. The van der Waals surface area contributed by atoms with Crippen molar-refractivity contribution >= 4 is 12.7 Å². The number of hydrogen-bond donors (Lipinski definition) is 0. The summed E-state index contributed by atoms with van der Waals surface area (Å²) in [6, 6.07) is 10.4. The minimum absolute atomic E-state index is 0.969. The minimum Gasteiger partial charge on any atom is -0.0991 e. The maximum absolute atomic E-state index is 3.71. The van der Waals surface area contributed by atoms with Gasteiger partial charge < -0.3 is 0 Å². The Balaban J connectivity index is 2.75. The van der Waals surface area contributed by atoms with Gasteiger partial charge in [-0.2, -0.15) is 0 Å². The van der Waals surface area contributed by atoms with Crippen LogP contribution in [-0.4, -0.2) is 7.28 Å². The van der Waals surface area contributed by atoms with Crippen molar-refractivity contribution in [3.05, 3.63) is 66.7 Å². The first-order valence-electron chi connectivity index (χ1n) is 4.85. The van der Waals surface area contributed by atoms with Gasteiger partial charge in [-0.15, -0.1) is 0 Å². The summed E-state index contributed by atoms with van der Waals surface area (Å²) >= 11 is 0. The number of hydrogen-bond acceptors (Lipinski definition) is 0. The van der Waals surface area contributed by atoms with Crippen LogP contribution in [0.25, 0.3) is 0 Å². The summed E-state index contributed by atoms with van der Waals surface area (Å²) in [6.45, 7) is 5.74. The molecular formula is C13H15B. The lowest BCUT2D eigenvalue weighted by atomic mass is 9.63. The average molecular weight is 182 g/mol. The molecule has 1 aromatic carbocycles. The Morgan fingerprint density at radius 3 is 2.57 bits per heavy atom. The summed E-state index contributed by atoms with van der Waals surface area (Å²) in [4.78, 5) is 0. The van der Waals surface area contributed by atoms with Crippen LogP contribution in [0.5, 0.6) is 0 Å². The van der Waals surface area contributed by atoms with Crippen LogP contribution >= 0.6 is 0 Å². The summed E-state index contributed by atoms with van der Waals surface area (Å²) in [6.07, 6.45) is 8.05. The van der Waals surface area contributed by atoms with E-state index in [0.717, 1.165) is 7.28 Å². The van der Waals surface area contributed by atoms with Gasteiger partial charge in [0.05, 0.1) is 0 Å². The molecule has 0 bridgehead atoms. The van der Waals surface area contributed by atoms with Gasteiger partial charge in [0.2, 0.25) is 0 Å². The zero-order valence-corrected chi connectivity index (χ0v) is 8.61. The Bertz CT molecular complexity index is 334. The molecule has 1 aromatic rings. The maximum atomic E-state index is 3.71. The first-order chi connectivity index (χ1) is 6.86. The van der Waals surface area contributed by atoms with E-state index in [0.29, 0.717) is 0 Å². The molecule has 0 aliphatic rings. The normalized spacial score (nSPS) is 11.6. The molecule has 0 saturated carbocycles. The van der Waals surface area contributed by atoms with Gasteiger partial charge >= 0.3 is 0 Å². The third-order valence-corrected chi connectivity index (χ3v) is 1.96. The van der Waals surface area contributed by atoms with Crippen molar-refractivity contribution in [2.75, 3.05) is 0 Å². The molecule has 0 aromatic heterocycles. The molecule has 1 heteroatoms. The summed E-state index contributed by atoms with van der Waals surface area (Å²) in [5, 5.41) is 0. The summed E-state index contributed by atoms with van der Waals surface area (Å²) in [5.41, 5.74) is 2.62. The van der Waals surface area contributed by atoms with E-state index in [1.165, 1.54) is 10.9 Å². The van der Waals surface area contributed by atoms with E-state index in [-0.39, 0.29) is 0 Å². The molecule has 70 valence electrons. The Morgan fingerprint density at radius 2 is 2.00 bits per heavy atom. The fourth-order valence-electron chi connectivity index (χ4n) is 1.37. The average Bonchev–Trinajstić information content (AvgIpc) is 2.20. The van der Waals surface area contributed by atoms with Crippen LogP contribution in [0.1, 0.15) is 6.92 Å². The van der Waals surface area contributed by atoms with E-state index in [4.69, 9.17) is 0 Å². The predicted molar refractivity (Wildman–Crippen MR) is 66.3 cm³/mol. The van der Waals surface area contributed by atoms with Crippen LogP contribution in [0.2, 0.25) is 0 Å². The molecule has 0 aliphatic carbocycles. The van der Waals surface area contributed by atoms with Crippen molar-refractivity contribution in [3.63, 3.8) is 0 Å². The first kappa shape index (κ1) is 10.6. The maximum Gasteiger partial charge on any atom is 0.192 e. The van der Waals surface area contributed by atoms with Crippen molar-refractivity contribution in [1.29, 1.82) is 0 Å². The van der Waals surface area contributed by atoms with Crippen LogP contribution in [0.3, 0.4) is 0 Å². The van der Waals surface area contributed by atoms with Crippen molar-refractivity contribution in [2.45, 2.75) is 6.92 Å². The predicted octanol–water partition coefficient (Wildman–Crippen LogP) is 2.39. The zero-order chi connectivity index (χ0) is 10.2. The lowest BCUT2D eigenvalue weighted by Gasteiger charge is -1.99. The summed E-state index contributed by atoms with van der Waals surface area (Å²) in [7, 11) is 0.969. The highest BCUT2D eigenvalue weighted by molar-refractivity contribution is 6.61. The fourth-order valence-corrected chi connectivity index (χ4v) is 1.37. The topological polar surface area (TPSA) is 0 Å². The van der Waals surface area contributed by atoms with E-state index in [1.54, 1.807) is 0 Å². The highest BCUT2D eigenvalue weighted by Crippen LogP contribution is 1.96. The highest BCUT2D eigenvalue weighted by Gasteiger charge is 1.96. The second kappa shape index (κ2) is 6.03. The minimum atomic E-state index is 0.969. The van der Waals surface area contributed by atoms with Gasteiger partial charge in [-0.3, -0.25) is 0 Å². The fraction of sp³-hybridized carbons (Fsp3) is 0.0769. The van der Waals surface area contributed by atoms with Crippen LogP contribution in [0, 0.1) is 0 Å². The smallest absolute Gasteiger partial charge is 0.0991 e. The molecule has 0 unspecified atom stereocenters. The van der Waals surface area contributed by atoms with Crippen molar-refractivity contribution in [3.8, 4) is 0 Å². The molecule has 0 saturated heterocycles. The second-order valence-corrected chi connectivity index (χ2v) is 3.14. The van der Waals surface area contributed by atoms with Gasteiger partial charge in [0.25, 0.3) is 0 Å². The quantitative estimate of drug-likeness (QED) is 0.495. The highest BCUT2D eigenvalue weighted by atomic mass is 13.8. The van der Waals surface area contributed by atoms with Gasteiger partial charge in [0, 0.05) is 0 Å². The Labute approximate surface area is 86.9 Å². The van der Waals surface area contributed by atoms with Crippen LogP contribution < -0.4 is 5.46 Å². The van der Waals surface area contributed by atoms with E-state index in [9.17, 15) is 0 Å². The Morgan fingerprint density at radius 1 is 1.29 bits per heavy atom. The third-order valence-electron chi connectivity index (χ3n) is 1.96.